The van der Waals surface area contributed by atoms with Gasteiger partial charge in [-0.3, -0.25) is 4.79 Å². The summed E-state index contributed by atoms with van der Waals surface area (Å²) in [7, 11) is 1.28. The van der Waals surface area contributed by atoms with Crippen LogP contribution < -0.4 is 14.8 Å². The predicted molar refractivity (Wildman–Crippen MR) is 130 cm³/mol. The van der Waals surface area contributed by atoms with Crippen LogP contribution in [0.15, 0.2) is 60.8 Å². The van der Waals surface area contributed by atoms with Gasteiger partial charge in [0.25, 0.3) is 0 Å². The lowest BCUT2D eigenvalue weighted by atomic mass is 10.2. The Kier molecular flexibility index (Phi) is 7.05. The first kappa shape index (κ1) is 23.9. The summed E-state index contributed by atoms with van der Waals surface area (Å²) in [5.41, 5.74) is 2.73. The summed E-state index contributed by atoms with van der Waals surface area (Å²) in [6.07, 6.45) is 1.80. The lowest BCUT2D eigenvalue weighted by Crippen LogP contribution is -2.22. The highest BCUT2D eigenvalue weighted by atomic mass is 19.1. The number of hydrogen-bond acceptors (Lipinski definition) is 5. The minimum atomic E-state index is -0.576. The topological polar surface area (TPSA) is 83.7 Å². The van der Waals surface area contributed by atoms with Crippen LogP contribution in [0.3, 0.4) is 0 Å². The summed E-state index contributed by atoms with van der Waals surface area (Å²) in [5, 5.41) is 2.86. The highest BCUT2D eigenvalue weighted by molar-refractivity contribution is 5.98. The first-order chi connectivity index (χ1) is 16.9. The van der Waals surface area contributed by atoms with Gasteiger partial charge in [0.2, 0.25) is 5.91 Å². The van der Waals surface area contributed by atoms with Gasteiger partial charge in [-0.2, -0.15) is 0 Å². The largest absolute Gasteiger partial charge is 0.494 e. The molecule has 1 amide bonds. The standard InChI is InChI=1S/C26H26FN3O5/c1-4-34-19-10-11-24(35-5-2)20(14-19)28-25(31)16-30-21-12-13-29(18-8-6-17(27)7-9-18)22(21)15-23(30)26(32)33-3/h6-15H,4-5,16H2,1-3H3,(H,28,31). The molecule has 2 aromatic heterocycles. The number of benzene rings is 2. The summed E-state index contributed by atoms with van der Waals surface area (Å²) >= 11 is 0. The van der Waals surface area contributed by atoms with E-state index in [4.69, 9.17) is 14.2 Å². The van der Waals surface area contributed by atoms with E-state index >= 15 is 0 Å². The maximum atomic E-state index is 13.4. The molecule has 0 bridgehead atoms. The zero-order valence-electron chi connectivity index (χ0n) is 19.7. The molecule has 8 nitrogen and oxygen atoms in total. The Morgan fingerprint density at radius 2 is 1.69 bits per heavy atom. The van der Waals surface area contributed by atoms with E-state index in [2.05, 4.69) is 5.32 Å². The van der Waals surface area contributed by atoms with E-state index in [-0.39, 0.29) is 24.0 Å². The number of anilines is 1. The number of ether oxygens (including phenoxy) is 3. The molecule has 182 valence electrons. The average molecular weight is 480 g/mol. The predicted octanol–water partition coefficient (Wildman–Crippen LogP) is 4.79. The molecule has 4 rings (SSSR count). The third kappa shape index (κ3) is 4.98. The number of carbonyl (C=O) groups excluding carboxylic acids is 2. The van der Waals surface area contributed by atoms with E-state index in [1.54, 1.807) is 53.2 Å². The molecule has 35 heavy (non-hydrogen) atoms. The minimum Gasteiger partial charge on any atom is -0.494 e. The summed E-state index contributed by atoms with van der Waals surface area (Å²) in [6, 6.07) is 14.6. The first-order valence-electron chi connectivity index (χ1n) is 11.2. The summed E-state index contributed by atoms with van der Waals surface area (Å²) < 4.78 is 32.9. The molecule has 9 heteroatoms. The summed E-state index contributed by atoms with van der Waals surface area (Å²) in [4.78, 5) is 25.6. The van der Waals surface area contributed by atoms with Crippen molar-refractivity contribution in [2.24, 2.45) is 0 Å². The maximum Gasteiger partial charge on any atom is 0.354 e. The van der Waals surface area contributed by atoms with Crippen molar-refractivity contribution in [1.82, 2.24) is 9.13 Å². The number of carbonyl (C=O) groups is 2. The Balaban J connectivity index is 1.68. The van der Waals surface area contributed by atoms with Gasteiger partial charge in [0.05, 0.1) is 37.0 Å². The fourth-order valence-corrected chi connectivity index (χ4v) is 3.89. The molecule has 2 heterocycles. The number of esters is 1. The average Bonchev–Trinajstić information content (AvgIpc) is 3.41. The zero-order valence-corrected chi connectivity index (χ0v) is 19.7. The SMILES string of the molecule is CCOc1ccc(OCC)c(NC(=O)Cn2c(C(=O)OC)cc3c2ccn3-c2ccc(F)cc2)c1. The van der Waals surface area contributed by atoms with E-state index in [1.807, 2.05) is 18.4 Å². The summed E-state index contributed by atoms with van der Waals surface area (Å²) in [6.45, 7) is 4.49. The second-order valence-electron chi connectivity index (χ2n) is 7.61. The van der Waals surface area contributed by atoms with Gasteiger partial charge >= 0.3 is 5.97 Å². The lowest BCUT2D eigenvalue weighted by molar-refractivity contribution is -0.116. The number of nitrogens with zero attached hydrogens (tertiary/aromatic N) is 2. The zero-order chi connectivity index (χ0) is 24.9. The van der Waals surface area contributed by atoms with Crippen LogP contribution in [0.2, 0.25) is 0 Å². The summed E-state index contributed by atoms with van der Waals surface area (Å²) in [5.74, 6) is -0.176. The van der Waals surface area contributed by atoms with E-state index in [1.165, 1.54) is 19.2 Å². The molecular formula is C26H26FN3O5. The Bertz CT molecular complexity index is 1360. The van der Waals surface area contributed by atoms with Crippen molar-refractivity contribution in [3.8, 4) is 17.2 Å². The van der Waals surface area contributed by atoms with Crippen LogP contribution in [0.1, 0.15) is 24.3 Å². The number of nitrogens with one attached hydrogen (secondary N) is 1. The van der Waals surface area contributed by atoms with Crippen LogP contribution in [0.25, 0.3) is 16.7 Å². The van der Waals surface area contributed by atoms with Gasteiger partial charge in [-0.05, 0) is 62.4 Å². The first-order valence-corrected chi connectivity index (χ1v) is 11.2. The van der Waals surface area contributed by atoms with Crippen LogP contribution >= 0.6 is 0 Å². The lowest BCUT2D eigenvalue weighted by Gasteiger charge is -2.14. The maximum absolute atomic E-state index is 13.4. The van der Waals surface area contributed by atoms with E-state index in [0.717, 1.165) is 0 Å². The van der Waals surface area contributed by atoms with Crippen LogP contribution in [-0.4, -0.2) is 41.3 Å². The van der Waals surface area contributed by atoms with Crippen LogP contribution in [0.5, 0.6) is 11.5 Å². The molecule has 1 N–H and O–H groups in total. The minimum absolute atomic E-state index is 0.147. The molecule has 0 spiro atoms. The van der Waals surface area contributed by atoms with E-state index in [0.29, 0.717) is 47.1 Å². The van der Waals surface area contributed by atoms with Crippen molar-refractivity contribution in [2.75, 3.05) is 25.6 Å². The van der Waals surface area contributed by atoms with Gasteiger partial charge in [-0.15, -0.1) is 0 Å². The Hall–Kier alpha value is -4.27. The molecule has 0 fully saturated rings. The smallest absolute Gasteiger partial charge is 0.354 e. The molecule has 0 aliphatic carbocycles. The monoisotopic (exact) mass is 479 g/mol. The van der Waals surface area contributed by atoms with Crippen molar-refractivity contribution >= 4 is 28.6 Å². The number of aromatic nitrogens is 2. The second kappa shape index (κ2) is 10.3. The van der Waals surface area contributed by atoms with Crippen molar-refractivity contribution in [3.63, 3.8) is 0 Å². The molecular weight excluding hydrogens is 453 g/mol. The molecule has 0 radical (unpaired) electrons. The Morgan fingerprint density at radius 3 is 2.37 bits per heavy atom. The fourth-order valence-electron chi connectivity index (χ4n) is 3.89. The molecule has 2 aromatic carbocycles. The number of hydrogen-bond donors (Lipinski definition) is 1. The molecule has 0 saturated carbocycles. The van der Waals surface area contributed by atoms with Crippen LogP contribution in [0.4, 0.5) is 10.1 Å². The molecule has 0 aliphatic rings. The Morgan fingerprint density at radius 1 is 0.943 bits per heavy atom. The van der Waals surface area contributed by atoms with Crippen molar-refractivity contribution in [3.05, 3.63) is 72.3 Å². The molecule has 0 unspecified atom stereocenters. The number of amides is 1. The van der Waals surface area contributed by atoms with Crippen molar-refractivity contribution in [2.45, 2.75) is 20.4 Å². The molecule has 0 saturated heterocycles. The van der Waals surface area contributed by atoms with Gasteiger partial charge in [-0.1, -0.05) is 0 Å². The van der Waals surface area contributed by atoms with E-state index in [9.17, 15) is 14.0 Å². The Labute approximate surface area is 201 Å². The molecule has 0 aliphatic heterocycles. The van der Waals surface area contributed by atoms with Crippen LogP contribution in [0, 0.1) is 5.82 Å². The second-order valence-corrected chi connectivity index (χ2v) is 7.61. The van der Waals surface area contributed by atoms with Gasteiger partial charge in [0, 0.05) is 18.0 Å². The number of rotatable bonds is 9. The highest BCUT2D eigenvalue weighted by Gasteiger charge is 2.21. The number of methoxy groups -OCH3 is 1. The normalized spacial score (nSPS) is 10.9. The quantitative estimate of drug-likeness (QED) is 0.349. The molecule has 4 aromatic rings. The third-order valence-electron chi connectivity index (χ3n) is 5.40. The van der Waals surface area contributed by atoms with Gasteiger partial charge < -0.3 is 28.7 Å². The van der Waals surface area contributed by atoms with Gasteiger partial charge in [0.1, 0.15) is 29.6 Å². The fraction of sp³-hybridized carbons (Fsp3) is 0.231. The highest BCUT2D eigenvalue weighted by Crippen LogP contribution is 2.30. The number of halogens is 1. The number of fused-ring (bicyclic) bond motifs is 1. The molecule has 0 atom stereocenters. The van der Waals surface area contributed by atoms with Crippen LogP contribution in [-0.2, 0) is 16.1 Å². The van der Waals surface area contributed by atoms with Gasteiger partial charge in [-0.25, -0.2) is 9.18 Å². The van der Waals surface area contributed by atoms with Crippen molar-refractivity contribution < 1.29 is 28.2 Å². The third-order valence-corrected chi connectivity index (χ3v) is 5.40. The van der Waals surface area contributed by atoms with Gasteiger partial charge in [0.15, 0.2) is 0 Å². The van der Waals surface area contributed by atoms with E-state index < -0.39 is 5.97 Å². The van der Waals surface area contributed by atoms with Crippen molar-refractivity contribution in [1.29, 1.82) is 0 Å².